The molecule has 0 fully saturated rings. The normalized spacial score (nSPS) is 10.9. The fourth-order valence-electron chi connectivity index (χ4n) is 2.37. The van der Waals surface area contributed by atoms with Crippen molar-refractivity contribution in [2.45, 2.75) is 46.9 Å². The van der Waals surface area contributed by atoms with Gasteiger partial charge in [0.1, 0.15) is 0 Å². The number of hydrogen-bond donors (Lipinski definition) is 1. The minimum Gasteiger partial charge on any atom is -0.490 e. The van der Waals surface area contributed by atoms with Crippen molar-refractivity contribution >= 4 is 15.9 Å². The van der Waals surface area contributed by atoms with Crippen LogP contribution in [0.5, 0.6) is 11.5 Å². The van der Waals surface area contributed by atoms with Gasteiger partial charge in [0.05, 0.1) is 12.7 Å². The molecule has 0 bridgehead atoms. The Balaban J connectivity index is 2.06. The van der Waals surface area contributed by atoms with E-state index in [2.05, 4.69) is 52.4 Å². The lowest BCUT2D eigenvalue weighted by molar-refractivity contribution is 0.223. The topological polar surface area (TPSA) is 30.5 Å². The molecular weight excluding hydrogens is 366 g/mol. The SMILES string of the molecule is CCOc1cc(CNCc2ccc(C)cc2)c(Br)cc1OC(C)C. The van der Waals surface area contributed by atoms with Crippen LogP contribution in [-0.2, 0) is 13.1 Å². The van der Waals surface area contributed by atoms with E-state index in [4.69, 9.17) is 9.47 Å². The van der Waals surface area contributed by atoms with Gasteiger partial charge in [-0.15, -0.1) is 0 Å². The maximum Gasteiger partial charge on any atom is 0.162 e. The third kappa shape index (κ3) is 5.53. The Kier molecular flexibility index (Phi) is 7.13. The number of ether oxygens (including phenoxy) is 2. The minimum atomic E-state index is 0.113. The summed E-state index contributed by atoms with van der Waals surface area (Å²) in [6, 6.07) is 12.6. The van der Waals surface area contributed by atoms with E-state index in [1.807, 2.05) is 32.9 Å². The molecule has 0 atom stereocenters. The molecule has 0 amide bonds. The highest BCUT2D eigenvalue weighted by atomic mass is 79.9. The number of halogens is 1. The number of aryl methyl sites for hydroxylation is 1. The van der Waals surface area contributed by atoms with Crippen LogP contribution in [0.2, 0.25) is 0 Å². The zero-order chi connectivity index (χ0) is 17.5. The molecule has 0 radical (unpaired) electrons. The molecule has 0 saturated carbocycles. The highest BCUT2D eigenvalue weighted by Crippen LogP contribution is 2.34. The molecule has 0 aliphatic carbocycles. The Bertz CT molecular complexity index is 653. The molecule has 24 heavy (non-hydrogen) atoms. The summed E-state index contributed by atoms with van der Waals surface area (Å²) in [5, 5.41) is 3.48. The quantitative estimate of drug-likeness (QED) is 0.667. The van der Waals surface area contributed by atoms with Crippen molar-refractivity contribution in [3.05, 3.63) is 57.6 Å². The third-order valence-corrected chi connectivity index (χ3v) is 4.28. The second-order valence-electron chi connectivity index (χ2n) is 6.08. The molecule has 0 spiro atoms. The Labute approximate surface area is 153 Å². The molecule has 0 unspecified atom stereocenters. The first-order chi connectivity index (χ1) is 11.5. The van der Waals surface area contributed by atoms with Gasteiger partial charge in [-0.1, -0.05) is 45.8 Å². The Hall–Kier alpha value is -1.52. The molecule has 3 nitrogen and oxygen atoms in total. The van der Waals surface area contributed by atoms with E-state index in [1.165, 1.54) is 11.1 Å². The molecule has 1 N–H and O–H groups in total. The van der Waals surface area contributed by atoms with Gasteiger partial charge in [-0.2, -0.15) is 0 Å². The van der Waals surface area contributed by atoms with E-state index in [1.54, 1.807) is 0 Å². The number of nitrogens with one attached hydrogen (secondary N) is 1. The first kappa shape index (κ1) is 18.8. The van der Waals surface area contributed by atoms with Gasteiger partial charge in [0.25, 0.3) is 0 Å². The average molecular weight is 392 g/mol. The van der Waals surface area contributed by atoms with Crippen LogP contribution in [0.1, 0.15) is 37.5 Å². The van der Waals surface area contributed by atoms with Crippen LogP contribution < -0.4 is 14.8 Å². The van der Waals surface area contributed by atoms with Gasteiger partial charge < -0.3 is 14.8 Å². The summed E-state index contributed by atoms with van der Waals surface area (Å²) in [6.45, 7) is 10.3. The van der Waals surface area contributed by atoms with Crippen LogP contribution in [0.4, 0.5) is 0 Å². The number of hydrogen-bond acceptors (Lipinski definition) is 3. The summed E-state index contributed by atoms with van der Waals surface area (Å²) in [7, 11) is 0. The van der Waals surface area contributed by atoms with Crippen LogP contribution in [0.3, 0.4) is 0 Å². The summed E-state index contributed by atoms with van der Waals surface area (Å²) >= 11 is 3.64. The Morgan fingerprint density at radius 2 is 1.75 bits per heavy atom. The van der Waals surface area contributed by atoms with Gasteiger partial charge in [0.2, 0.25) is 0 Å². The molecule has 130 valence electrons. The van der Waals surface area contributed by atoms with E-state index >= 15 is 0 Å². The lowest BCUT2D eigenvalue weighted by atomic mass is 10.1. The summed E-state index contributed by atoms with van der Waals surface area (Å²) in [5.74, 6) is 1.57. The van der Waals surface area contributed by atoms with Crippen molar-refractivity contribution in [2.24, 2.45) is 0 Å². The van der Waals surface area contributed by atoms with E-state index in [-0.39, 0.29) is 6.10 Å². The van der Waals surface area contributed by atoms with Crippen LogP contribution in [-0.4, -0.2) is 12.7 Å². The van der Waals surface area contributed by atoms with Gasteiger partial charge in [-0.25, -0.2) is 0 Å². The van der Waals surface area contributed by atoms with Crippen molar-refractivity contribution in [1.82, 2.24) is 5.32 Å². The highest BCUT2D eigenvalue weighted by Gasteiger charge is 2.12. The molecule has 0 heterocycles. The largest absolute Gasteiger partial charge is 0.490 e. The standard InChI is InChI=1S/C20H26BrNO2/c1-5-23-19-10-17(18(21)11-20(19)24-14(2)3)13-22-12-16-8-6-15(4)7-9-16/h6-11,14,22H,5,12-13H2,1-4H3. The van der Waals surface area contributed by atoms with Crippen molar-refractivity contribution in [2.75, 3.05) is 6.61 Å². The van der Waals surface area contributed by atoms with Gasteiger partial charge in [-0.05, 0) is 51.0 Å². The Morgan fingerprint density at radius 3 is 2.38 bits per heavy atom. The zero-order valence-corrected chi connectivity index (χ0v) is 16.4. The molecule has 0 saturated heterocycles. The van der Waals surface area contributed by atoms with Crippen LogP contribution in [0.25, 0.3) is 0 Å². The van der Waals surface area contributed by atoms with Crippen LogP contribution in [0, 0.1) is 6.92 Å². The number of rotatable bonds is 8. The summed E-state index contributed by atoms with van der Waals surface area (Å²) in [5.41, 5.74) is 3.71. The van der Waals surface area contributed by atoms with Crippen LogP contribution in [0.15, 0.2) is 40.9 Å². The lowest BCUT2D eigenvalue weighted by Crippen LogP contribution is -2.14. The van der Waals surface area contributed by atoms with Crippen LogP contribution >= 0.6 is 15.9 Å². The molecule has 0 aliphatic rings. The summed E-state index contributed by atoms with van der Waals surface area (Å²) in [4.78, 5) is 0. The zero-order valence-electron chi connectivity index (χ0n) is 14.9. The smallest absolute Gasteiger partial charge is 0.162 e. The molecular formula is C20H26BrNO2. The summed E-state index contributed by atoms with van der Waals surface area (Å²) < 4.78 is 12.6. The van der Waals surface area contributed by atoms with E-state index in [9.17, 15) is 0 Å². The van der Waals surface area contributed by atoms with Gasteiger partial charge in [-0.3, -0.25) is 0 Å². The molecule has 0 aliphatic heterocycles. The molecule has 2 rings (SSSR count). The van der Waals surface area contributed by atoms with Gasteiger partial charge >= 0.3 is 0 Å². The van der Waals surface area contributed by atoms with Gasteiger partial charge in [0, 0.05) is 17.6 Å². The van der Waals surface area contributed by atoms with Gasteiger partial charge in [0.15, 0.2) is 11.5 Å². The van der Waals surface area contributed by atoms with E-state index < -0.39 is 0 Å². The summed E-state index contributed by atoms with van der Waals surface area (Å²) in [6.07, 6.45) is 0.113. The Morgan fingerprint density at radius 1 is 1.04 bits per heavy atom. The maximum absolute atomic E-state index is 5.84. The van der Waals surface area contributed by atoms with Crippen molar-refractivity contribution in [3.8, 4) is 11.5 Å². The second kappa shape index (κ2) is 9.09. The molecule has 4 heteroatoms. The first-order valence-electron chi connectivity index (χ1n) is 8.37. The van der Waals surface area contributed by atoms with E-state index in [0.717, 1.165) is 34.6 Å². The fraction of sp³-hybridized carbons (Fsp3) is 0.400. The highest BCUT2D eigenvalue weighted by molar-refractivity contribution is 9.10. The van der Waals surface area contributed by atoms with Crippen molar-refractivity contribution in [3.63, 3.8) is 0 Å². The second-order valence-corrected chi connectivity index (χ2v) is 6.93. The van der Waals surface area contributed by atoms with Crippen molar-refractivity contribution < 1.29 is 9.47 Å². The monoisotopic (exact) mass is 391 g/mol. The minimum absolute atomic E-state index is 0.113. The lowest BCUT2D eigenvalue weighted by Gasteiger charge is -2.17. The molecule has 0 aromatic heterocycles. The third-order valence-electron chi connectivity index (χ3n) is 3.54. The predicted molar refractivity (Wildman–Crippen MR) is 103 cm³/mol. The molecule has 2 aromatic rings. The average Bonchev–Trinajstić information content (AvgIpc) is 2.53. The first-order valence-corrected chi connectivity index (χ1v) is 9.17. The van der Waals surface area contributed by atoms with Crippen molar-refractivity contribution in [1.29, 1.82) is 0 Å². The fourth-order valence-corrected chi connectivity index (χ4v) is 2.84. The number of benzene rings is 2. The molecule has 2 aromatic carbocycles. The predicted octanol–water partition coefficient (Wildman–Crippen LogP) is 5.23. The maximum atomic E-state index is 5.84. The van der Waals surface area contributed by atoms with E-state index in [0.29, 0.717) is 6.61 Å².